The molecule has 2 aromatic heterocycles. The summed E-state index contributed by atoms with van der Waals surface area (Å²) in [6.07, 6.45) is 1.55. The standard InChI is InChI=1S/C18H18ClN3O3S2/c1-12-6-7-14(10-15(12)19)27(23,24)22-8-2-4-13(11-22)18-20-17(21-25-18)16-5-3-9-26-16/h3,5-7,9-10,13H,2,4,8,11H2,1H3/t13-/m1/s1. The van der Waals surface area contributed by atoms with E-state index in [0.717, 1.165) is 23.3 Å². The number of sulfonamides is 1. The second kappa shape index (κ2) is 7.35. The molecule has 1 fully saturated rings. The summed E-state index contributed by atoms with van der Waals surface area (Å²) in [7, 11) is -3.62. The van der Waals surface area contributed by atoms with Gasteiger partial charge in [-0.3, -0.25) is 0 Å². The molecule has 0 bridgehead atoms. The van der Waals surface area contributed by atoms with Crippen molar-refractivity contribution in [3.63, 3.8) is 0 Å². The Balaban J connectivity index is 1.56. The number of rotatable bonds is 4. The van der Waals surface area contributed by atoms with Crippen molar-refractivity contribution in [1.82, 2.24) is 14.4 Å². The number of hydrogen-bond donors (Lipinski definition) is 0. The maximum atomic E-state index is 13.0. The predicted molar refractivity (Wildman–Crippen MR) is 105 cm³/mol. The van der Waals surface area contributed by atoms with Gasteiger partial charge in [0.1, 0.15) is 0 Å². The summed E-state index contributed by atoms with van der Waals surface area (Å²) in [5.74, 6) is 0.918. The van der Waals surface area contributed by atoms with Crippen LogP contribution in [0.1, 0.15) is 30.2 Å². The highest BCUT2D eigenvalue weighted by atomic mass is 35.5. The Hall–Kier alpha value is -1.74. The molecule has 9 heteroatoms. The van der Waals surface area contributed by atoms with Crippen LogP contribution in [-0.4, -0.2) is 36.0 Å². The van der Waals surface area contributed by atoms with Crippen molar-refractivity contribution < 1.29 is 12.9 Å². The van der Waals surface area contributed by atoms with Crippen molar-refractivity contribution in [3.8, 4) is 10.7 Å². The fourth-order valence-electron chi connectivity index (χ4n) is 3.15. The molecule has 0 spiro atoms. The van der Waals surface area contributed by atoms with Gasteiger partial charge < -0.3 is 4.52 Å². The Morgan fingerprint density at radius 1 is 1.33 bits per heavy atom. The Kier molecular flexibility index (Phi) is 5.07. The van der Waals surface area contributed by atoms with Crippen LogP contribution in [-0.2, 0) is 10.0 Å². The molecule has 0 saturated carbocycles. The topological polar surface area (TPSA) is 76.3 Å². The summed E-state index contributed by atoms with van der Waals surface area (Å²) in [5, 5.41) is 6.44. The number of nitrogens with zero attached hydrogens (tertiary/aromatic N) is 3. The van der Waals surface area contributed by atoms with Gasteiger partial charge in [-0.2, -0.15) is 9.29 Å². The largest absolute Gasteiger partial charge is 0.339 e. The molecule has 142 valence electrons. The quantitative estimate of drug-likeness (QED) is 0.624. The first-order chi connectivity index (χ1) is 12.9. The van der Waals surface area contributed by atoms with Gasteiger partial charge >= 0.3 is 0 Å². The molecule has 1 aromatic carbocycles. The Morgan fingerprint density at radius 3 is 2.93 bits per heavy atom. The maximum absolute atomic E-state index is 13.0. The van der Waals surface area contributed by atoms with Gasteiger partial charge in [0.05, 0.1) is 15.7 Å². The smallest absolute Gasteiger partial charge is 0.243 e. The van der Waals surface area contributed by atoms with E-state index in [1.807, 2.05) is 24.4 Å². The lowest BCUT2D eigenvalue weighted by Gasteiger charge is -2.30. The van der Waals surface area contributed by atoms with Gasteiger partial charge in [0.15, 0.2) is 0 Å². The maximum Gasteiger partial charge on any atom is 0.243 e. The van der Waals surface area contributed by atoms with Crippen LogP contribution in [0.5, 0.6) is 0 Å². The molecule has 0 N–H and O–H groups in total. The van der Waals surface area contributed by atoms with E-state index in [0.29, 0.717) is 29.8 Å². The van der Waals surface area contributed by atoms with Crippen LogP contribution in [0.2, 0.25) is 5.02 Å². The highest BCUT2D eigenvalue weighted by Crippen LogP contribution is 2.32. The normalized spacial score (nSPS) is 18.7. The summed E-state index contributed by atoms with van der Waals surface area (Å²) in [6.45, 7) is 2.63. The molecule has 0 unspecified atom stereocenters. The third-order valence-corrected chi connectivity index (χ3v) is 7.83. The average Bonchev–Trinajstić information content (AvgIpc) is 3.35. The minimum atomic E-state index is -3.62. The van der Waals surface area contributed by atoms with Gasteiger partial charge in [0.2, 0.25) is 21.7 Å². The fourth-order valence-corrected chi connectivity index (χ4v) is 5.60. The molecule has 3 aromatic rings. The third kappa shape index (κ3) is 3.67. The third-order valence-electron chi connectivity index (χ3n) is 4.70. The monoisotopic (exact) mass is 423 g/mol. The van der Waals surface area contributed by atoms with Crippen molar-refractivity contribution in [2.45, 2.75) is 30.6 Å². The number of aromatic nitrogens is 2. The fraction of sp³-hybridized carbons (Fsp3) is 0.333. The number of halogens is 1. The number of thiophene rings is 1. The van der Waals surface area contributed by atoms with Gasteiger partial charge in [-0.25, -0.2) is 8.42 Å². The lowest BCUT2D eigenvalue weighted by molar-refractivity contribution is 0.265. The second-order valence-corrected chi connectivity index (χ2v) is 9.84. The summed E-state index contributed by atoms with van der Waals surface area (Å²) in [5.41, 5.74) is 0.846. The summed E-state index contributed by atoms with van der Waals surface area (Å²) >= 11 is 7.66. The first kappa shape index (κ1) is 18.6. The molecule has 4 rings (SSSR count). The van der Waals surface area contributed by atoms with Crippen molar-refractivity contribution in [1.29, 1.82) is 0 Å². The van der Waals surface area contributed by atoms with Gasteiger partial charge in [-0.05, 0) is 48.9 Å². The van der Waals surface area contributed by atoms with E-state index in [4.69, 9.17) is 16.1 Å². The van der Waals surface area contributed by atoms with Crippen LogP contribution in [0.25, 0.3) is 10.7 Å². The van der Waals surface area contributed by atoms with Gasteiger partial charge in [-0.15, -0.1) is 11.3 Å². The summed E-state index contributed by atoms with van der Waals surface area (Å²) in [4.78, 5) is 5.62. The zero-order chi connectivity index (χ0) is 19.0. The van der Waals surface area contributed by atoms with E-state index in [1.54, 1.807) is 12.1 Å². The Bertz CT molecular complexity index is 1050. The van der Waals surface area contributed by atoms with Gasteiger partial charge in [-0.1, -0.05) is 28.9 Å². The minimum absolute atomic E-state index is 0.115. The van der Waals surface area contributed by atoms with Crippen LogP contribution < -0.4 is 0 Å². The molecule has 0 radical (unpaired) electrons. The first-order valence-electron chi connectivity index (χ1n) is 8.59. The molecule has 0 amide bonds. The second-order valence-electron chi connectivity index (χ2n) is 6.55. The Morgan fingerprint density at radius 2 is 2.19 bits per heavy atom. The molecule has 27 heavy (non-hydrogen) atoms. The number of aryl methyl sites for hydroxylation is 1. The van der Waals surface area contributed by atoms with Crippen LogP contribution >= 0.6 is 22.9 Å². The zero-order valence-electron chi connectivity index (χ0n) is 14.6. The van der Waals surface area contributed by atoms with Crippen molar-refractivity contribution in [2.24, 2.45) is 0 Å². The van der Waals surface area contributed by atoms with Crippen molar-refractivity contribution in [3.05, 3.63) is 52.2 Å². The molecule has 0 aliphatic carbocycles. The van der Waals surface area contributed by atoms with E-state index in [2.05, 4.69) is 10.1 Å². The van der Waals surface area contributed by atoms with E-state index < -0.39 is 10.0 Å². The molecule has 6 nitrogen and oxygen atoms in total. The molecular formula is C18H18ClN3O3S2. The minimum Gasteiger partial charge on any atom is -0.339 e. The van der Waals surface area contributed by atoms with E-state index in [9.17, 15) is 8.42 Å². The van der Waals surface area contributed by atoms with E-state index in [1.165, 1.54) is 21.7 Å². The van der Waals surface area contributed by atoms with Crippen LogP contribution in [0.15, 0.2) is 45.1 Å². The summed E-state index contributed by atoms with van der Waals surface area (Å²) < 4.78 is 33.0. The van der Waals surface area contributed by atoms with Crippen molar-refractivity contribution >= 4 is 33.0 Å². The number of piperidine rings is 1. The SMILES string of the molecule is Cc1ccc(S(=O)(=O)N2CCC[C@@H](c3nc(-c4cccs4)no3)C2)cc1Cl. The Labute approximate surface area is 166 Å². The van der Waals surface area contributed by atoms with Crippen LogP contribution in [0, 0.1) is 6.92 Å². The van der Waals surface area contributed by atoms with Crippen LogP contribution in [0.4, 0.5) is 0 Å². The highest BCUT2D eigenvalue weighted by Gasteiger charge is 2.33. The predicted octanol–water partition coefficient (Wildman–Crippen LogP) is 4.33. The number of benzene rings is 1. The molecule has 1 aliphatic rings. The highest BCUT2D eigenvalue weighted by molar-refractivity contribution is 7.89. The van der Waals surface area contributed by atoms with E-state index >= 15 is 0 Å². The van der Waals surface area contributed by atoms with Crippen LogP contribution in [0.3, 0.4) is 0 Å². The van der Waals surface area contributed by atoms with E-state index in [-0.39, 0.29) is 10.8 Å². The number of hydrogen-bond acceptors (Lipinski definition) is 6. The molecule has 3 heterocycles. The summed E-state index contributed by atoms with van der Waals surface area (Å²) in [6, 6.07) is 8.69. The average molecular weight is 424 g/mol. The molecule has 1 atom stereocenters. The first-order valence-corrected chi connectivity index (χ1v) is 11.3. The zero-order valence-corrected chi connectivity index (χ0v) is 17.0. The van der Waals surface area contributed by atoms with Gasteiger partial charge in [0, 0.05) is 18.1 Å². The van der Waals surface area contributed by atoms with Crippen molar-refractivity contribution in [2.75, 3.05) is 13.1 Å². The van der Waals surface area contributed by atoms with Gasteiger partial charge in [0.25, 0.3) is 0 Å². The lowest BCUT2D eigenvalue weighted by Crippen LogP contribution is -2.39. The molecule has 1 saturated heterocycles. The molecular weight excluding hydrogens is 406 g/mol. The lowest BCUT2D eigenvalue weighted by atomic mass is 10.00. The molecule has 1 aliphatic heterocycles.